The summed E-state index contributed by atoms with van der Waals surface area (Å²) in [7, 11) is 1.78. The van der Waals surface area contributed by atoms with E-state index in [1.54, 1.807) is 45.9 Å². The maximum absolute atomic E-state index is 13.5. The molecule has 12 heteroatoms. The molecule has 0 bridgehead atoms. The maximum Gasteiger partial charge on any atom is 0.312 e. The minimum Gasteiger partial charge on any atom is -0.412 e. The number of nitrogens with one attached hydrogen (secondary N) is 1. The van der Waals surface area contributed by atoms with E-state index in [0.29, 0.717) is 29.2 Å². The summed E-state index contributed by atoms with van der Waals surface area (Å²) in [4.78, 5) is 22.7. The van der Waals surface area contributed by atoms with Crippen LogP contribution in [-0.2, 0) is 13.5 Å². The van der Waals surface area contributed by atoms with Crippen LogP contribution >= 0.6 is 11.6 Å². The van der Waals surface area contributed by atoms with E-state index < -0.39 is 11.9 Å². The van der Waals surface area contributed by atoms with E-state index in [2.05, 4.69) is 30.4 Å². The Morgan fingerprint density at radius 2 is 2.25 bits per heavy atom. The average molecular weight is 450 g/mol. The zero-order chi connectivity index (χ0) is 21.8. The summed E-state index contributed by atoms with van der Waals surface area (Å²) in [5.74, 6) is -0.265. The number of pyridine rings is 1. The third-order valence-electron chi connectivity index (χ3n) is 5.49. The van der Waals surface area contributed by atoms with Crippen molar-refractivity contribution in [1.29, 1.82) is 0 Å². The second-order valence-electron chi connectivity index (χ2n) is 7.49. The second kappa shape index (κ2) is 7.02. The van der Waals surface area contributed by atoms with Crippen molar-refractivity contribution >= 4 is 23.0 Å². The van der Waals surface area contributed by atoms with E-state index in [0.717, 1.165) is 16.9 Å². The lowest BCUT2D eigenvalue weighted by atomic mass is 9.99. The molecule has 11 nitrogen and oxygen atoms in total. The van der Waals surface area contributed by atoms with Gasteiger partial charge in [-0.1, -0.05) is 11.6 Å². The fourth-order valence-corrected chi connectivity index (χ4v) is 4.22. The van der Waals surface area contributed by atoms with Crippen LogP contribution in [0.3, 0.4) is 0 Å². The lowest BCUT2D eigenvalue weighted by Gasteiger charge is -2.32. The predicted molar refractivity (Wildman–Crippen MR) is 112 cm³/mol. The Kier molecular flexibility index (Phi) is 4.12. The Bertz CT molecular complexity index is 1460. The van der Waals surface area contributed by atoms with E-state index in [4.69, 9.17) is 16.0 Å². The Hall–Kier alpha value is -3.99. The molecule has 1 atom stereocenters. The molecule has 0 spiro atoms. The number of nitrogens with zero attached hydrogens (tertiary/aromatic N) is 8. The topological polar surface area (TPSA) is 123 Å². The van der Waals surface area contributed by atoms with E-state index in [1.807, 2.05) is 18.3 Å². The van der Waals surface area contributed by atoms with Crippen molar-refractivity contribution in [2.45, 2.75) is 12.5 Å². The SMILES string of the molecule is Cn1cc(-c2nnc(C(=O)N3CCc4[nH]cnc4[C@H]3c3cc4c(Cl)cccn4n3)o2)cn1. The molecule has 6 heterocycles. The average Bonchev–Trinajstić information content (AvgIpc) is 3.57. The highest BCUT2D eigenvalue weighted by molar-refractivity contribution is 6.33. The fraction of sp³-hybridized carbons (Fsp3) is 0.200. The normalized spacial score (nSPS) is 15.9. The van der Waals surface area contributed by atoms with Crippen molar-refractivity contribution in [1.82, 2.24) is 44.5 Å². The van der Waals surface area contributed by atoms with Gasteiger partial charge in [0.15, 0.2) is 0 Å². The van der Waals surface area contributed by atoms with Crippen LogP contribution in [0.2, 0.25) is 5.02 Å². The van der Waals surface area contributed by atoms with Crippen LogP contribution in [0.4, 0.5) is 0 Å². The molecule has 0 saturated heterocycles. The molecule has 1 aliphatic rings. The minimum atomic E-state index is -0.526. The number of halogens is 1. The first-order chi connectivity index (χ1) is 15.6. The van der Waals surface area contributed by atoms with Gasteiger partial charge in [-0.2, -0.15) is 10.2 Å². The molecule has 32 heavy (non-hydrogen) atoms. The van der Waals surface area contributed by atoms with Gasteiger partial charge in [-0.15, -0.1) is 10.2 Å². The molecule has 0 unspecified atom stereocenters. The van der Waals surface area contributed by atoms with Crippen LogP contribution in [0, 0.1) is 0 Å². The highest BCUT2D eigenvalue weighted by atomic mass is 35.5. The number of aryl methyl sites for hydroxylation is 1. The Balaban J connectivity index is 1.41. The quantitative estimate of drug-likeness (QED) is 0.448. The van der Waals surface area contributed by atoms with Gasteiger partial charge in [0.05, 0.1) is 40.0 Å². The minimum absolute atomic E-state index is 0.102. The van der Waals surface area contributed by atoms with Gasteiger partial charge in [0.2, 0.25) is 0 Å². The van der Waals surface area contributed by atoms with Gasteiger partial charge >= 0.3 is 11.8 Å². The van der Waals surface area contributed by atoms with Crippen molar-refractivity contribution in [3.8, 4) is 11.5 Å². The zero-order valence-electron chi connectivity index (χ0n) is 16.8. The third-order valence-corrected chi connectivity index (χ3v) is 5.81. The molecular weight excluding hydrogens is 434 g/mol. The van der Waals surface area contributed by atoms with E-state index in [1.165, 1.54) is 0 Å². The van der Waals surface area contributed by atoms with Crippen LogP contribution in [0.5, 0.6) is 0 Å². The second-order valence-corrected chi connectivity index (χ2v) is 7.89. The van der Waals surface area contributed by atoms with Crippen LogP contribution < -0.4 is 0 Å². The maximum atomic E-state index is 13.5. The van der Waals surface area contributed by atoms with Gasteiger partial charge in [-0.25, -0.2) is 9.50 Å². The van der Waals surface area contributed by atoms with Crippen LogP contribution in [-0.4, -0.2) is 56.9 Å². The summed E-state index contributed by atoms with van der Waals surface area (Å²) < 4.78 is 9.00. The predicted octanol–water partition coefficient (Wildman–Crippen LogP) is 2.28. The smallest absolute Gasteiger partial charge is 0.312 e. The molecule has 0 aromatic carbocycles. The number of rotatable bonds is 3. The van der Waals surface area contributed by atoms with Crippen LogP contribution in [0.1, 0.15) is 33.8 Å². The monoisotopic (exact) mass is 449 g/mol. The molecule has 0 aliphatic carbocycles. The van der Waals surface area contributed by atoms with Gasteiger partial charge in [-0.05, 0) is 18.2 Å². The first kappa shape index (κ1) is 18.8. The van der Waals surface area contributed by atoms with Gasteiger partial charge in [0, 0.05) is 38.1 Å². The lowest BCUT2D eigenvalue weighted by molar-refractivity contribution is 0.0646. The molecule has 5 aromatic rings. The van der Waals surface area contributed by atoms with Gasteiger partial charge < -0.3 is 14.3 Å². The van der Waals surface area contributed by atoms with Crippen molar-refractivity contribution < 1.29 is 9.21 Å². The molecule has 160 valence electrons. The number of H-pyrrole nitrogens is 1. The Morgan fingerprint density at radius 1 is 1.34 bits per heavy atom. The highest BCUT2D eigenvalue weighted by Gasteiger charge is 2.38. The van der Waals surface area contributed by atoms with Crippen molar-refractivity contribution in [2.75, 3.05) is 6.54 Å². The van der Waals surface area contributed by atoms with Crippen LogP contribution in [0.15, 0.2) is 47.5 Å². The summed E-state index contributed by atoms with van der Waals surface area (Å²) >= 11 is 6.34. The van der Waals surface area contributed by atoms with Gasteiger partial charge in [-0.3, -0.25) is 9.48 Å². The number of hydrogen-bond donors (Lipinski definition) is 1. The lowest BCUT2D eigenvalue weighted by Crippen LogP contribution is -2.41. The molecule has 0 fully saturated rings. The van der Waals surface area contributed by atoms with E-state index in [-0.39, 0.29) is 11.8 Å². The van der Waals surface area contributed by atoms with Crippen LogP contribution in [0.25, 0.3) is 17.0 Å². The fourth-order valence-electron chi connectivity index (χ4n) is 4.01. The number of aromatic amines is 1. The molecule has 1 N–H and O–H groups in total. The number of hydrogen-bond acceptors (Lipinski definition) is 7. The largest absolute Gasteiger partial charge is 0.412 e. The molecular formula is C20H16ClN9O2. The van der Waals surface area contributed by atoms with Gasteiger partial charge in [0.1, 0.15) is 6.04 Å². The Labute approximate surface area is 185 Å². The molecule has 0 saturated carbocycles. The number of carbonyl (C=O) groups is 1. The van der Waals surface area contributed by atoms with Gasteiger partial charge in [0.25, 0.3) is 5.89 Å². The summed E-state index contributed by atoms with van der Waals surface area (Å²) in [6.07, 6.45) is 7.39. The molecule has 6 rings (SSSR count). The first-order valence-corrected chi connectivity index (χ1v) is 10.3. The van der Waals surface area contributed by atoms with E-state index >= 15 is 0 Å². The first-order valence-electron chi connectivity index (χ1n) is 9.88. The summed E-state index contributed by atoms with van der Waals surface area (Å²) in [5.41, 5.74) is 3.72. The molecule has 1 aliphatic heterocycles. The number of fused-ring (bicyclic) bond motifs is 2. The van der Waals surface area contributed by atoms with Crippen molar-refractivity contribution in [3.05, 3.63) is 71.1 Å². The third kappa shape index (κ3) is 2.89. The molecule has 5 aromatic heterocycles. The number of imidazole rings is 1. The summed E-state index contributed by atoms with van der Waals surface area (Å²) in [6.45, 7) is 0.435. The Morgan fingerprint density at radius 3 is 3.06 bits per heavy atom. The summed E-state index contributed by atoms with van der Waals surface area (Å²) in [5, 5.41) is 17.3. The molecule has 0 radical (unpaired) electrons. The standard InChI is InChI=1S/C20H16ClN9O2/c1-28-9-11(8-24-28)18-25-26-19(32-18)20(31)29-6-4-13-16(23-10-22-13)17(29)14-7-15-12(21)3-2-5-30(15)27-14/h2-3,5,7-10,17H,4,6H2,1H3,(H,22,23)/t17-/m1/s1. The number of carbonyl (C=O) groups excluding carboxylic acids is 1. The van der Waals surface area contributed by atoms with Crippen molar-refractivity contribution in [2.24, 2.45) is 7.05 Å². The van der Waals surface area contributed by atoms with E-state index in [9.17, 15) is 4.79 Å². The molecule has 1 amide bonds. The van der Waals surface area contributed by atoms with Crippen molar-refractivity contribution in [3.63, 3.8) is 0 Å². The highest BCUT2D eigenvalue weighted by Crippen LogP contribution is 2.35. The summed E-state index contributed by atoms with van der Waals surface area (Å²) in [6, 6.07) is 4.95. The zero-order valence-corrected chi connectivity index (χ0v) is 17.6. The number of amides is 1. The number of aromatic nitrogens is 8.